The van der Waals surface area contributed by atoms with Gasteiger partial charge in [0.15, 0.2) is 0 Å². The number of amides is 2. The van der Waals surface area contributed by atoms with E-state index in [0.717, 1.165) is 32.1 Å². The zero-order valence-corrected chi connectivity index (χ0v) is 13.8. The van der Waals surface area contributed by atoms with Crippen molar-refractivity contribution in [2.75, 3.05) is 39.8 Å². The Bertz CT molecular complexity index is 544. The number of fused-ring (bicyclic) bond motifs is 1. The van der Waals surface area contributed by atoms with Crippen LogP contribution in [0.15, 0.2) is 24.3 Å². The molecule has 3 rings (SSSR count). The van der Waals surface area contributed by atoms with E-state index in [4.69, 9.17) is 0 Å². The van der Waals surface area contributed by atoms with Crippen LogP contribution in [0.5, 0.6) is 0 Å². The second-order valence-electron chi connectivity index (χ2n) is 6.48. The van der Waals surface area contributed by atoms with Crippen LogP contribution in [-0.4, -0.2) is 61.4 Å². The number of piperidine rings is 1. The number of rotatable bonds is 6. The maximum Gasteiger partial charge on any atom is 0.261 e. The van der Waals surface area contributed by atoms with Crippen LogP contribution in [0.2, 0.25) is 0 Å². The zero-order valence-electron chi connectivity index (χ0n) is 13.8. The lowest BCUT2D eigenvalue weighted by atomic mass is 9.93. The van der Waals surface area contributed by atoms with Crippen molar-refractivity contribution in [3.05, 3.63) is 35.4 Å². The first-order valence-electron chi connectivity index (χ1n) is 8.53. The van der Waals surface area contributed by atoms with Gasteiger partial charge in [-0.25, -0.2) is 0 Å². The van der Waals surface area contributed by atoms with Crippen molar-refractivity contribution < 1.29 is 9.59 Å². The second kappa shape index (κ2) is 7.23. The smallest absolute Gasteiger partial charge is 0.261 e. The fourth-order valence-electron chi connectivity index (χ4n) is 3.53. The number of benzene rings is 1. The molecule has 0 bridgehead atoms. The van der Waals surface area contributed by atoms with E-state index in [2.05, 4.69) is 10.2 Å². The molecule has 1 aromatic carbocycles. The van der Waals surface area contributed by atoms with Crippen molar-refractivity contribution in [2.45, 2.75) is 19.3 Å². The lowest BCUT2D eigenvalue weighted by Crippen LogP contribution is -2.41. The topological polar surface area (TPSA) is 52.6 Å². The Labute approximate surface area is 137 Å². The highest BCUT2D eigenvalue weighted by atomic mass is 16.2. The maximum absolute atomic E-state index is 12.3. The van der Waals surface area contributed by atoms with Crippen molar-refractivity contribution >= 4 is 11.8 Å². The van der Waals surface area contributed by atoms with E-state index in [1.807, 2.05) is 19.2 Å². The van der Waals surface area contributed by atoms with Crippen molar-refractivity contribution in [1.29, 1.82) is 0 Å². The molecule has 2 aliphatic rings. The molecule has 0 radical (unpaired) electrons. The van der Waals surface area contributed by atoms with Gasteiger partial charge in [-0.1, -0.05) is 12.1 Å². The van der Waals surface area contributed by atoms with Crippen molar-refractivity contribution in [2.24, 2.45) is 5.92 Å². The van der Waals surface area contributed by atoms with Gasteiger partial charge in [0.1, 0.15) is 0 Å². The van der Waals surface area contributed by atoms with E-state index in [9.17, 15) is 9.59 Å². The molecule has 0 spiro atoms. The summed E-state index contributed by atoms with van der Waals surface area (Å²) in [6.07, 6.45) is 3.66. The standard InChI is InChI=1S/C18H25N3O2/c1-19-9-6-14-7-10-20(11-8-14)12-13-21-17(22)15-4-2-3-5-16(15)18(21)23/h2-5,14,19H,6-13H2,1H3. The first-order valence-corrected chi connectivity index (χ1v) is 8.53. The third-order valence-electron chi connectivity index (χ3n) is 5.03. The molecular formula is C18H25N3O2. The van der Waals surface area contributed by atoms with E-state index < -0.39 is 0 Å². The maximum atomic E-state index is 12.3. The van der Waals surface area contributed by atoms with Gasteiger partial charge in [0.25, 0.3) is 11.8 Å². The van der Waals surface area contributed by atoms with Gasteiger partial charge in [-0.2, -0.15) is 0 Å². The summed E-state index contributed by atoms with van der Waals surface area (Å²) in [7, 11) is 2.00. The number of imide groups is 1. The Kier molecular flexibility index (Phi) is 5.08. The largest absolute Gasteiger partial charge is 0.320 e. The first-order chi connectivity index (χ1) is 11.2. The monoisotopic (exact) mass is 315 g/mol. The molecule has 2 amide bonds. The molecule has 0 aromatic heterocycles. The van der Waals surface area contributed by atoms with Crippen LogP contribution in [0.25, 0.3) is 0 Å². The molecule has 1 N–H and O–H groups in total. The highest BCUT2D eigenvalue weighted by Gasteiger charge is 2.35. The summed E-state index contributed by atoms with van der Waals surface area (Å²) in [4.78, 5) is 28.4. The van der Waals surface area contributed by atoms with Crippen LogP contribution < -0.4 is 5.32 Å². The lowest BCUT2D eigenvalue weighted by Gasteiger charge is -2.32. The van der Waals surface area contributed by atoms with Crippen LogP contribution in [0, 0.1) is 5.92 Å². The van der Waals surface area contributed by atoms with Crippen molar-refractivity contribution in [1.82, 2.24) is 15.1 Å². The minimum atomic E-state index is -0.144. The van der Waals surface area contributed by atoms with Gasteiger partial charge in [-0.3, -0.25) is 14.5 Å². The van der Waals surface area contributed by atoms with Crippen molar-refractivity contribution in [3.8, 4) is 0 Å². The number of carbonyl (C=O) groups is 2. The number of nitrogens with zero attached hydrogens (tertiary/aromatic N) is 2. The first kappa shape index (κ1) is 16.1. The van der Waals surface area contributed by atoms with Gasteiger partial charge >= 0.3 is 0 Å². The Balaban J connectivity index is 1.49. The van der Waals surface area contributed by atoms with Gasteiger partial charge in [0.2, 0.25) is 0 Å². The Morgan fingerprint density at radius 3 is 2.22 bits per heavy atom. The lowest BCUT2D eigenvalue weighted by molar-refractivity contribution is 0.0625. The number of likely N-dealkylation sites (tertiary alicyclic amines) is 1. The van der Waals surface area contributed by atoms with Gasteiger partial charge in [-0.05, 0) is 64.0 Å². The normalized spacial score (nSPS) is 19.4. The Morgan fingerprint density at radius 1 is 1.04 bits per heavy atom. The van der Waals surface area contributed by atoms with Gasteiger partial charge in [0, 0.05) is 13.1 Å². The third-order valence-corrected chi connectivity index (χ3v) is 5.03. The quantitative estimate of drug-likeness (QED) is 0.810. The molecule has 2 heterocycles. The molecule has 5 nitrogen and oxygen atoms in total. The van der Waals surface area contributed by atoms with Gasteiger partial charge in [0.05, 0.1) is 11.1 Å². The predicted octanol–water partition coefficient (Wildman–Crippen LogP) is 1.60. The van der Waals surface area contributed by atoms with Gasteiger partial charge in [-0.15, -0.1) is 0 Å². The van der Waals surface area contributed by atoms with E-state index >= 15 is 0 Å². The number of hydrogen-bond acceptors (Lipinski definition) is 4. The molecule has 0 saturated carbocycles. The number of carbonyl (C=O) groups excluding carboxylic acids is 2. The summed E-state index contributed by atoms with van der Waals surface area (Å²) >= 11 is 0. The summed E-state index contributed by atoms with van der Waals surface area (Å²) < 4.78 is 0. The molecule has 2 aliphatic heterocycles. The molecule has 0 aliphatic carbocycles. The van der Waals surface area contributed by atoms with E-state index in [0.29, 0.717) is 17.7 Å². The molecule has 5 heteroatoms. The SMILES string of the molecule is CNCCC1CCN(CCN2C(=O)c3ccccc3C2=O)CC1. The predicted molar refractivity (Wildman–Crippen MR) is 89.5 cm³/mol. The van der Waals surface area contributed by atoms with Crippen LogP contribution in [0.4, 0.5) is 0 Å². The highest BCUT2D eigenvalue weighted by molar-refractivity contribution is 6.21. The molecule has 23 heavy (non-hydrogen) atoms. The fourth-order valence-corrected chi connectivity index (χ4v) is 3.53. The fraction of sp³-hybridized carbons (Fsp3) is 0.556. The molecule has 124 valence electrons. The van der Waals surface area contributed by atoms with Crippen LogP contribution in [0.1, 0.15) is 40.0 Å². The Hall–Kier alpha value is -1.72. The third kappa shape index (κ3) is 3.46. The molecular weight excluding hydrogens is 290 g/mol. The Morgan fingerprint density at radius 2 is 1.65 bits per heavy atom. The minimum Gasteiger partial charge on any atom is -0.320 e. The number of hydrogen-bond donors (Lipinski definition) is 1. The van der Waals surface area contributed by atoms with E-state index in [1.165, 1.54) is 24.2 Å². The summed E-state index contributed by atoms with van der Waals surface area (Å²) in [5.74, 6) is 0.516. The highest BCUT2D eigenvalue weighted by Crippen LogP contribution is 2.23. The summed E-state index contributed by atoms with van der Waals surface area (Å²) in [5, 5.41) is 3.21. The zero-order chi connectivity index (χ0) is 16.2. The van der Waals surface area contributed by atoms with Crippen LogP contribution >= 0.6 is 0 Å². The minimum absolute atomic E-state index is 0.144. The summed E-state index contributed by atoms with van der Waals surface area (Å²) in [5.41, 5.74) is 1.09. The molecule has 1 saturated heterocycles. The molecule has 1 aromatic rings. The molecule has 1 fully saturated rings. The van der Waals surface area contributed by atoms with Crippen molar-refractivity contribution in [3.63, 3.8) is 0 Å². The summed E-state index contributed by atoms with van der Waals surface area (Å²) in [6, 6.07) is 7.10. The van der Waals surface area contributed by atoms with E-state index in [-0.39, 0.29) is 11.8 Å². The average Bonchev–Trinajstić information content (AvgIpc) is 2.84. The molecule has 0 unspecified atom stereocenters. The van der Waals surface area contributed by atoms with Crippen LogP contribution in [0.3, 0.4) is 0 Å². The van der Waals surface area contributed by atoms with Gasteiger partial charge < -0.3 is 10.2 Å². The van der Waals surface area contributed by atoms with E-state index in [1.54, 1.807) is 12.1 Å². The number of nitrogens with one attached hydrogen (secondary N) is 1. The summed E-state index contributed by atoms with van der Waals surface area (Å²) in [6.45, 7) is 4.49. The molecule has 0 atom stereocenters. The second-order valence-corrected chi connectivity index (χ2v) is 6.48. The average molecular weight is 315 g/mol. The van der Waals surface area contributed by atoms with Crippen LogP contribution in [-0.2, 0) is 0 Å².